The number of fused-ring (bicyclic) bond motifs is 5. The van der Waals surface area contributed by atoms with Gasteiger partial charge in [0, 0.05) is 129 Å². The molecule has 20 rings (SSSR count). The maximum atomic E-state index is 12.4. The van der Waals surface area contributed by atoms with Crippen molar-refractivity contribution in [3.63, 3.8) is 0 Å². The summed E-state index contributed by atoms with van der Waals surface area (Å²) in [7, 11) is 0. The first-order valence-electron chi connectivity index (χ1n) is 41.3. The van der Waals surface area contributed by atoms with Gasteiger partial charge in [-0.3, -0.25) is 24.0 Å². The van der Waals surface area contributed by atoms with Crippen molar-refractivity contribution in [2.24, 2.45) is 23.7 Å². The van der Waals surface area contributed by atoms with Crippen molar-refractivity contribution in [1.82, 2.24) is 99.3 Å². The minimum Gasteiger partial charge on any atom is -0.354 e. The zero-order valence-electron chi connectivity index (χ0n) is 67.8. The first-order chi connectivity index (χ1) is 57.7. The van der Waals surface area contributed by atoms with Crippen molar-refractivity contribution in [3.8, 4) is 30.3 Å². The van der Waals surface area contributed by atoms with Gasteiger partial charge in [0.05, 0.1) is 85.0 Å². The molecule has 10 aliphatic heterocycles. The average Bonchev–Trinajstić information content (AvgIpc) is 1.73. The Morgan fingerprint density at radius 1 is 0.353 bits per heavy atom. The standard InChI is InChI=1S/4C17H20N6O.C16H18N6O/c1-12-8-17(4-7-23(17)14(24)2-5-18)10-22(9-12)16-13-3-6-19-15(13)20-11-21-16;2*1-12-9-23(14(24)3-6-18)17(12)5-2-8-22(10-17)16-13-4-7-19-15(13)20-11-21-16;1-12-9-17(23(12)14(24)3-6-18)5-2-8-22(10-17)16-13-4-7-19-15(13)20-11-21-16;1-11-8-22(13(23)2-5-17)16(11)4-7-21(9-16)15-12-3-6-18-14(12)19-10-20-15/h3,6,11-12H,2,4,7-10H2,1H3,(H,19,20,21);3*4,7,11-12H,2-3,5,8-10H2,1H3,(H,19,20,21);3,6,10-11H,2,4,7-9H2,1H3,(H,18,19,20). The van der Waals surface area contributed by atoms with Crippen LogP contribution in [0.2, 0.25) is 0 Å². The molecule has 5 spiro atoms. The van der Waals surface area contributed by atoms with Crippen LogP contribution in [0.15, 0.2) is 93.0 Å². The Morgan fingerprint density at radius 3 is 1.02 bits per heavy atom. The van der Waals surface area contributed by atoms with Crippen LogP contribution in [-0.4, -0.2) is 254 Å². The predicted molar refractivity (Wildman–Crippen MR) is 441 cm³/mol. The largest absolute Gasteiger partial charge is 0.354 e. The van der Waals surface area contributed by atoms with Gasteiger partial charge < -0.3 is 73.9 Å². The van der Waals surface area contributed by atoms with Gasteiger partial charge in [-0.15, -0.1) is 0 Å². The van der Waals surface area contributed by atoms with Gasteiger partial charge in [0.2, 0.25) is 29.5 Å². The van der Waals surface area contributed by atoms with E-state index in [1.54, 1.807) is 31.6 Å². The molecular weight excluding hydrogens is 1510 g/mol. The molecule has 5 amide bonds. The van der Waals surface area contributed by atoms with Crippen LogP contribution in [0.5, 0.6) is 0 Å². The van der Waals surface area contributed by atoms with Crippen molar-refractivity contribution in [1.29, 1.82) is 26.3 Å². The zero-order chi connectivity index (χ0) is 83.0. The molecule has 10 fully saturated rings. The quantitative estimate of drug-likeness (QED) is 0.0860. The summed E-state index contributed by atoms with van der Waals surface area (Å²) < 4.78 is 0. The van der Waals surface area contributed by atoms with Crippen LogP contribution in [0.3, 0.4) is 0 Å². The molecule has 0 aliphatic carbocycles. The third-order valence-electron chi connectivity index (χ3n) is 27.1. The topological polar surface area (TPSA) is 445 Å². The highest BCUT2D eigenvalue weighted by atomic mass is 16.2. The third-order valence-corrected chi connectivity index (χ3v) is 27.1. The van der Waals surface area contributed by atoms with Crippen LogP contribution < -0.4 is 24.5 Å². The van der Waals surface area contributed by atoms with E-state index in [1.165, 1.54) is 0 Å². The number of aromatic nitrogens is 15. The summed E-state index contributed by atoms with van der Waals surface area (Å²) >= 11 is 0. The Labute approximate surface area is 687 Å². The summed E-state index contributed by atoms with van der Waals surface area (Å²) in [5.74, 6) is 6.14. The van der Waals surface area contributed by atoms with Gasteiger partial charge in [-0.25, -0.2) is 49.8 Å². The molecule has 10 atom stereocenters. The van der Waals surface area contributed by atoms with Crippen LogP contribution >= 0.6 is 0 Å². The van der Waals surface area contributed by atoms with Gasteiger partial charge in [-0.1, -0.05) is 27.7 Å². The molecule has 0 radical (unpaired) electrons. The number of aromatic amines is 5. The minimum atomic E-state index is -0.167. The maximum absolute atomic E-state index is 12.4. The SMILES string of the molecule is CC1CC2(CCCN(c3ncnc4[nH]ccc34)C2)N1C(=O)CC#N.CC1CN(C(=O)CC#N)C12CCCN(c1ncnc3[nH]ccc13)C2.CC1CN(C(=O)CC#N)C12CCCN(c1ncnc3[nH]ccc13)C2.CC1CN(C(=O)CC#N)C12CCN(c1ncnc3[nH]ccc13)C2.CC1CN(c2ncnc3[nH]ccc23)CC2(CCN2C(=O)CC#N)C1. The summed E-state index contributed by atoms with van der Waals surface area (Å²) in [6.07, 6.45) is 27.0. The Balaban J connectivity index is 0.000000111. The molecule has 35 heteroatoms. The number of hydrogen-bond donors (Lipinski definition) is 5. The Bertz CT molecular complexity index is 5560. The summed E-state index contributed by atoms with van der Waals surface area (Å²) in [5, 5.41) is 49.3. The molecule has 35 nitrogen and oxygen atoms in total. The van der Waals surface area contributed by atoms with Crippen molar-refractivity contribution in [2.75, 3.05) is 116 Å². The second kappa shape index (κ2) is 32.8. The number of carbonyl (C=O) groups excluding carboxylic acids is 5. The first-order valence-corrected chi connectivity index (χ1v) is 41.3. The molecule has 10 aromatic rings. The molecular formula is C84H98N30O5. The lowest BCUT2D eigenvalue weighted by Gasteiger charge is -2.61. The number of anilines is 5. The number of nitriles is 5. The molecule has 0 bridgehead atoms. The van der Waals surface area contributed by atoms with Gasteiger partial charge in [0.25, 0.3) is 0 Å². The molecule has 10 unspecified atom stereocenters. The summed E-state index contributed by atoms with van der Waals surface area (Å²) in [5.41, 5.74) is 3.36. The lowest BCUT2D eigenvalue weighted by atomic mass is 9.69. The number of likely N-dealkylation sites (tertiary alicyclic amines) is 5. The van der Waals surface area contributed by atoms with Crippen molar-refractivity contribution < 1.29 is 24.0 Å². The highest BCUT2D eigenvalue weighted by Crippen LogP contribution is 2.50. The van der Waals surface area contributed by atoms with Crippen LogP contribution in [0.25, 0.3) is 55.2 Å². The number of piperidine rings is 4. The average molecular weight is 1610 g/mol. The van der Waals surface area contributed by atoms with E-state index in [0.29, 0.717) is 23.7 Å². The predicted octanol–water partition coefficient (Wildman–Crippen LogP) is 8.20. The van der Waals surface area contributed by atoms with E-state index in [0.717, 1.165) is 240 Å². The monoisotopic (exact) mass is 1610 g/mol. The molecule has 119 heavy (non-hydrogen) atoms. The first kappa shape index (κ1) is 79.7. The summed E-state index contributed by atoms with van der Waals surface area (Å²) in [4.78, 5) is 142. The Kier molecular flexibility index (Phi) is 22.0. The number of H-pyrrole nitrogens is 5. The van der Waals surface area contributed by atoms with E-state index in [9.17, 15) is 24.0 Å². The number of amides is 5. The van der Waals surface area contributed by atoms with Gasteiger partial charge in [0.1, 0.15) is 121 Å². The number of nitrogens with zero attached hydrogens (tertiary/aromatic N) is 25. The summed E-state index contributed by atoms with van der Waals surface area (Å²) in [6.45, 7) is 22.2. The van der Waals surface area contributed by atoms with Crippen molar-refractivity contribution in [3.05, 3.63) is 93.0 Å². The number of carbonyl (C=O) groups is 5. The smallest absolute Gasteiger partial charge is 0.237 e. The van der Waals surface area contributed by atoms with E-state index in [4.69, 9.17) is 26.3 Å². The zero-order valence-corrected chi connectivity index (χ0v) is 67.8. The molecule has 20 heterocycles. The Hall–Kier alpha value is -13.1. The van der Waals surface area contributed by atoms with Crippen LogP contribution in [0.1, 0.15) is 131 Å². The normalized spacial score (nSPS) is 26.4. The lowest BCUT2D eigenvalue weighted by molar-refractivity contribution is -0.157. The van der Waals surface area contributed by atoms with Gasteiger partial charge >= 0.3 is 0 Å². The van der Waals surface area contributed by atoms with Crippen molar-refractivity contribution >= 4 is 114 Å². The molecule has 10 aromatic heterocycles. The molecule has 614 valence electrons. The number of rotatable bonds is 10. The van der Waals surface area contributed by atoms with E-state index >= 15 is 0 Å². The molecule has 10 aliphatic rings. The minimum absolute atomic E-state index is 0.0360. The number of nitrogens with one attached hydrogen (secondary N) is 5. The van der Waals surface area contributed by atoms with E-state index in [2.05, 4.69) is 134 Å². The van der Waals surface area contributed by atoms with E-state index in [-0.39, 0.29) is 95.4 Å². The van der Waals surface area contributed by atoms with Crippen LogP contribution in [0, 0.1) is 80.3 Å². The van der Waals surface area contributed by atoms with Crippen molar-refractivity contribution in [2.45, 2.75) is 165 Å². The van der Waals surface area contributed by atoms with E-state index < -0.39 is 0 Å². The van der Waals surface area contributed by atoms with Gasteiger partial charge in [0.15, 0.2) is 0 Å². The second-order valence-corrected chi connectivity index (χ2v) is 33.9. The highest BCUT2D eigenvalue weighted by Gasteiger charge is 2.60. The molecule has 5 N–H and O–H groups in total. The summed E-state index contributed by atoms with van der Waals surface area (Å²) in [6, 6.07) is 20.1. The van der Waals surface area contributed by atoms with E-state index in [1.807, 2.05) is 116 Å². The highest BCUT2D eigenvalue weighted by molar-refractivity contribution is 5.92. The van der Waals surface area contributed by atoms with Gasteiger partial charge in [-0.05, 0) is 125 Å². The lowest BCUT2D eigenvalue weighted by Crippen LogP contribution is -2.73. The Morgan fingerprint density at radius 2 is 0.672 bits per heavy atom. The molecule has 10 saturated heterocycles. The van der Waals surface area contributed by atoms with Crippen LogP contribution in [0.4, 0.5) is 29.1 Å². The molecule has 0 saturated carbocycles. The fourth-order valence-electron chi connectivity index (χ4n) is 21.4. The molecule has 0 aromatic carbocycles. The third kappa shape index (κ3) is 14.4. The van der Waals surface area contributed by atoms with Gasteiger partial charge in [-0.2, -0.15) is 26.3 Å². The second-order valence-electron chi connectivity index (χ2n) is 33.9. The van der Waals surface area contributed by atoms with Crippen LogP contribution in [-0.2, 0) is 24.0 Å². The fraction of sp³-hybridized carbons (Fsp3) is 0.524. The number of hydrogen-bond acceptors (Lipinski definition) is 25. The maximum Gasteiger partial charge on any atom is 0.237 e. The fourth-order valence-corrected chi connectivity index (χ4v) is 21.4.